The molecule has 18 heavy (non-hydrogen) atoms. The second kappa shape index (κ2) is 4.07. The average molecular weight is 247 g/mol. The van der Waals surface area contributed by atoms with Crippen molar-refractivity contribution in [3.8, 4) is 0 Å². The molecule has 0 aromatic carbocycles. The van der Waals surface area contributed by atoms with Gasteiger partial charge in [-0.15, -0.1) is 0 Å². The third-order valence-electron chi connectivity index (χ3n) is 5.24. The van der Waals surface area contributed by atoms with Gasteiger partial charge in [0.2, 0.25) is 0 Å². The minimum Gasteiger partial charge on any atom is -0.341 e. The molecule has 2 unspecified atom stereocenters. The molecule has 2 bridgehead atoms. The van der Waals surface area contributed by atoms with Gasteiger partial charge in [-0.1, -0.05) is 0 Å². The fourth-order valence-electron chi connectivity index (χ4n) is 4.31. The first-order chi connectivity index (χ1) is 8.87. The van der Waals surface area contributed by atoms with Crippen molar-refractivity contribution in [1.29, 1.82) is 0 Å². The second-order valence-electron chi connectivity index (χ2n) is 6.38. The van der Waals surface area contributed by atoms with E-state index in [4.69, 9.17) is 0 Å². The number of nitrogens with two attached hydrogens (primary N) is 1. The minimum atomic E-state index is 0.411. The van der Waals surface area contributed by atoms with E-state index in [1.165, 1.54) is 51.0 Å². The highest BCUT2D eigenvalue weighted by Gasteiger charge is 2.45. The summed E-state index contributed by atoms with van der Waals surface area (Å²) < 4.78 is 2.27. The van der Waals surface area contributed by atoms with Gasteiger partial charge in [0.1, 0.15) is 6.54 Å². The Balaban J connectivity index is 1.74. The van der Waals surface area contributed by atoms with Gasteiger partial charge >= 0.3 is 0 Å². The summed E-state index contributed by atoms with van der Waals surface area (Å²) in [5.74, 6) is 0.907. The number of rotatable bonds is 1. The molecule has 3 aliphatic rings. The van der Waals surface area contributed by atoms with Gasteiger partial charge in [0.05, 0.1) is 18.4 Å². The summed E-state index contributed by atoms with van der Waals surface area (Å²) in [6.45, 7) is 5.89. The van der Waals surface area contributed by atoms with E-state index in [0.29, 0.717) is 5.41 Å². The van der Waals surface area contributed by atoms with Crippen molar-refractivity contribution in [2.75, 3.05) is 19.6 Å². The summed E-state index contributed by atoms with van der Waals surface area (Å²) in [4.78, 5) is 0. The van der Waals surface area contributed by atoms with Crippen LogP contribution in [0.1, 0.15) is 36.9 Å². The molecule has 2 aliphatic heterocycles. The number of aromatic nitrogens is 2. The molecule has 2 fully saturated rings. The van der Waals surface area contributed by atoms with Crippen molar-refractivity contribution in [3.05, 3.63) is 17.5 Å². The van der Waals surface area contributed by atoms with E-state index in [0.717, 1.165) is 19.0 Å². The van der Waals surface area contributed by atoms with Gasteiger partial charge in [-0.25, -0.2) is 0 Å². The van der Waals surface area contributed by atoms with Gasteiger partial charge in [-0.3, -0.25) is 4.68 Å². The fraction of sp³-hybridized carbons (Fsp3) is 0.786. The maximum atomic E-state index is 4.67. The third-order valence-corrected chi connectivity index (χ3v) is 5.24. The molecule has 0 radical (unpaired) electrons. The Morgan fingerprint density at radius 1 is 1.50 bits per heavy atom. The molecular formula is C14H23N4+. The third kappa shape index (κ3) is 1.55. The fourth-order valence-corrected chi connectivity index (χ4v) is 4.31. The van der Waals surface area contributed by atoms with Gasteiger partial charge in [0.15, 0.2) is 0 Å². The lowest BCUT2D eigenvalue weighted by Crippen LogP contribution is -2.82. The zero-order chi connectivity index (χ0) is 12.0. The molecule has 1 saturated heterocycles. The molecule has 1 aromatic rings. The zero-order valence-corrected chi connectivity index (χ0v) is 11.0. The Morgan fingerprint density at radius 3 is 3.50 bits per heavy atom. The zero-order valence-electron chi connectivity index (χ0n) is 11.0. The molecule has 1 aliphatic carbocycles. The van der Waals surface area contributed by atoms with E-state index < -0.39 is 0 Å². The SMILES string of the molecule is c1nn2c(c1C13CCC(CNC1)C3)C[NH2+]CCC2. The van der Waals surface area contributed by atoms with Crippen LogP contribution in [0.2, 0.25) is 0 Å². The highest BCUT2D eigenvalue weighted by molar-refractivity contribution is 5.31. The maximum absolute atomic E-state index is 4.67. The Morgan fingerprint density at radius 2 is 2.50 bits per heavy atom. The molecule has 3 N–H and O–H groups in total. The van der Waals surface area contributed by atoms with Crippen LogP contribution in [-0.4, -0.2) is 29.4 Å². The van der Waals surface area contributed by atoms with E-state index in [2.05, 4.69) is 26.6 Å². The first kappa shape index (κ1) is 11.0. The molecule has 3 heterocycles. The average Bonchev–Trinajstić information content (AvgIpc) is 2.84. The van der Waals surface area contributed by atoms with Gasteiger partial charge in [0.25, 0.3) is 0 Å². The number of aryl methyl sites for hydroxylation is 1. The number of nitrogens with zero attached hydrogens (tertiary/aromatic N) is 2. The number of hydrogen-bond acceptors (Lipinski definition) is 2. The number of fused-ring (bicyclic) bond motifs is 3. The van der Waals surface area contributed by atoms with E-state index in [1.807, 2.05) is 0 Å². The van der Waals surface area contributed by atoms with Crippen molar-refractivity contribution in [3.63, 3.8) is 0 Å². The van der Waals surface area contributed by atoms with Crippen LogP contribution in [0.15, 0.2) is 6.20 Å². The summed E-state index contributed by atoms with van der Waals surface area (Å²) in [6.07, 6.45) is 7.59. The van der Waals surface area contributed by atoms with Gasteiger partial charge in [-0.05, 0) is 31.7 Å². The van der Waals surface area contributed by atoms with Gasteiger partial charge in [0, 0.05) is 30.5 Å². The Labute approximate surface area is 108 Å². The molecule has 1 aromatic heterocycles. The van der Waals surface area contributed by atoms with Crippen molar-refractivity contribution < 1.29 is 5.32 Å². The van der Waals surface area contributed by atoms with Crippen molar-refractivity contribution >= 4 is 0 Å². The lowest BCUT2D eigenvalue weighted by atomic mass is 9.76. The number of quaternary nitrogens is 1. The predicted octanol–water partition coefficient (Wildman–Crippen LogP) is -0.00870. The smallest absolute Gasteiger partial charge is 0.118 e. The monoisotopic (exact) mass is 247 g/mol. The van der Waals surface area contributed by atoms with Crippen molar-refractivity contribution in [2.45, 2.75) is 44.2 Å². The van der Waals surface area contributed by atoms with Crippen LogP contribution in [0, 0.1) is 5.92 Å². The Bertz CT molecular complexity index is 449. The maximum Gasteiger partial charge on any atom is 0.118 e. The van der Waals surface area contributed by atoms with Crippen LogP contribution in [0.25, 0.3) is 0 Å². The Hall–Kier alpha value is -0.870. The molecule has 4 nitrogen and oxygen atoms in total. The molecule has 0 amide bonds. The summed E-state index contributed by atoms with van der Waals surface area (Å²) in [7, 11) is 0. The quantitative estimate of drug-likeness (QED) is 0.733. The van der Waals surface area contributed by atoms with Crippen LogP contribution < -0.4 is 10.6 Å². The Kier molecular flexibility index (Phi) is 2.49. The highest BCUT2D eigenvalue weighted by Crippen LogP contribution is 2.46. The highest BCUT2D eigenvalue weighted by atomic mass is 15.3. The van der Waals surface area contributed by atoms with Crippen LogP contribution >= 0.6 is 0 Å². The lowest BCUT2D eigenvalue weighted by Gasteiger charge is -2.33. The molecule has 2 atom stereocenters. The van der Waals surface area contributed by atoms with E-state index in [-0.39, 0.29) is 0 Å². The van der Waals surface area contributed by atoms with Gasteiger partial charge < -0.3 is 10.6 Å². The van der Waals surface area contributed by atoms with Crippen molar-refractivity contribution in [2.24, 2.45) is 5.92 Å². The molecule has 98 valence electrons. The normalized spacial score (nSPS) is 35.2. The molecule has 0 spiro atoms. The largest absolute Gasteiger partial charge is 0.341 e. The topological polar surface area (TPSA) is 46.5 Å². The summed E-state index contributed by atoms with van der Waals surface area (Å²) >= 11 is 0. The number of piperidine rings is 1. The van der Waals surface area contributed by atoms with Crippen LogP contribution in [0.4, 0.5) is 0 Å². The molecule has 1 saturated carbocycles. The van der Waals surface area contributed by atoms with Gasteiger partial charge in [-0.2, -0.15) is 5.10 Å². The summed E-state index contributed by atoms with van der Waals surface area (Å²) in [5.41, 5.74) is 3.49. The van der Waals surface area contributed by atoms with E-state index in [1.54, 1.807) is 5.56 Å². The second-order valence-corrected chi connectivity index (χ2v) is 6.38. The summed E-state index contributed by atoms with van der Waals surface area (Å²) in [5, 5.41) is 10.8. The molecule has 4 heteroatoms. The number of hydrogen-bond donors (Lipinski definition) is 2. The van der Waals surface area contributed by atoms with Crippen LogP contribution in [0.5, 0.6) is 0 Å². The predicted molar refractivity (Wildman–Crippen MR) is 69.2 cm³/mol. The van der Waals surface area contributed by atoms with Crippen LogP contribution in [-0.2, 0) is 18.5 Å². The standard InChI is InChI=1S/C14H22N4/c1-4-15-9-13-12(8-17-18(13)5-1)14-3-2-11(6-14)7-16-10-14/h8,11,15-16H,1-7,9-10H2/p+1. The first-order valence-corrected chi connectivity index (χ1v) is 7.45. The number of nitrogens with one attached hydrogen (secondary N) is 1. The van der Waals surface area contributed by atoms with E-state index in [9.17, 15) is 0 Å². The van der Waals surface area contributed by atoms with Crippen molar-refractivity contribution in [1.82, 2.24) is 15.1 Å². The first-order valence-electron chi connectivity index (χ1n) is 7.45. The minimum absolute atomic E-state index is 0.411. The molecule has 4 rings (SSSR count). The lowest BCUT2D eigenvalue weighted by molar-refractivity contribution is -0.670. The molecular weight excluding hydrogens is 224 g/mol. The van der Waals surface area contributed by atoms with E-state index >= 15 is 0 Å². The summed E-state index contributed by atoms with van der Waals surface area (Å²) in [6, 6.07) is 0. The van der Waals surface area contributed by atoms with Crippen LogP contribution in [0.3, 0.4) is 0 Å².